The maximum absolute atomic E-state index is 3.55. The first-order chi connectivity index (χ1) is 17.6. The number of nitrogens with one attached hydrogen (secondary N) is 1. The van der Waals surface area contributed by atoms with E-state index in [4.69, 9.17) is 0 Å². The van der Waals surface area contributed by atoms with Crippen LogP contribution in [0.2, 0.25) is 0 Å². The normalized spacial score (nSPS) is 11.2. The Morgan fingerprint density at radius 3 is 1.47 bits per heavy atom. The fraction of sp³-hybridized carbons (Fsp3) is 0.333. The Bertz CT molecular complexity index is 1180. The monoisotopic (exact) mass is 479 g/mol. The van der Waals surface area contributed by atoms with Crippen LogP contribution in [0.3, 0.4) is 0 Å². The molecule has 0 atom stereocenters. The van der Waals surface area contributed by atoms with Gasteiger partial charge in [0.05, 0.1) is 0 Å². The Balaban J connectivity index is 1.86. The van der Waals surface area contributed by atoms with Gasteiger partial charge in [-0.25, -0.2) is 0 Å². The number of benzene rings is 4. The summed E-state index contributed by atoms with van der Waals surface area (Å²) in [7, 11) is 0. The van der Waals surface area contributed by atoms with E-state index in [1.54, 1.807) is 0 Å². The average molecular weight is 480 g/mol. The van der Waals surface area contributed by atoms with Crippen molar-refractivity contribution in [1.29, 1.82) is 0 Å². The summed E-state index contributed by atoms with van der Waals surface area (Å²) < 4.78 is 0. The van der Waals surface area contributed by atoms with Crippen molar-refractivity contribution < 1.29 is 0 Å². The minimum Gasteiger partial charge on any atom is -0.385 e. The predicted molar refractivity (Wildman–Crippen MR) is 159 cm³/mol. The van der Waals surface area contributed by atoms with Crippen molar-refractivity contribution in [3.63, 3.8) is 0 Å². The van der Waals surface area contributed by atoms with Gasteiger partial charge < -0.3 is 15.1 Å². The summed E-state index contributed by atoms with van der Waals surface area (Å²) in [6, 6.07) is 31.8. The summed E-state index contributed by atoms with van der Waals surface area (Å²) in [5.41, 5.74) is 7.76. The zero-order valence-corrected chi connectivity index (χ0v) is 22.6. The van der Waals surface area contributed by atoms with E-state index in [0.717, 1.165) is 32.7 Å². The van der Waals surface area contributed by atoms with Gasteiger partial charge >= 0.3 is 0 Å². The third-order valence-electron chi connectivity index (χ3n) is 7.35. The van der Waals surface area contributed by atoms with Crippen LogP contribution in [0, 0.1) is 0 Å². The number of rotatable bonds is 11. The lowest BCUT2D eigenvalue weighted by Gasteiger charge is -2.26. The van der Waals surface area contributed by atoms with Crippen molar-refractivity contribution in [3.05, 3.63) is 102 Å². The quantitative estimate of drug-likeness (QED) is 0.219. The van der Waals surface area contributed by atoms with E-state index in [2.05, 4.69) is 135 Å². The summed E-state index contributed by atoms with van der Waals surface area (Å²) >= 11 is 0. The standard InChI is InChI=1S/C33H41N3/c1-6-34-32-24-23-31(29-13-11-12-14-30(29)32)33(25-15-19-27(20-16-25)35(7-2)8-3)26-17-21-28(22-18-26)36(9-4)10-5/h11-24,33-34H,6-10H2,1-5H3. The molecule has 1 N–H and O–H groups in total. The van der Waals surface area contributed by atoms with Crippen molar-refractivity contribution in [1.82, 2.24) is 0 Å². The van der Waals surface area contributed by atoms with Crippen LogP contribution in [0.1, 0.15) is 57.2 Å². The van der Waals surface area contributed by atoms with Gasteiger partial charge in [-0.05, 0) is 87.0 Å². The van der Waals surface area contributed by atoms with Gasteiger partial charge in [0.2, 0.25) is 0 Å². The molecule has 0 saturated carbocycles. The largest absolute Gasteiger partial charge is 0.385 e. The molecule has 0 spiro atoms. The van der Waals surface area contributed by atoms with Crippen LogP contribution in [-0.4, -0.2) is 32.7 Å². The molecule has 4 aromatic carbocycles. The summed E-state index contributed by atoms with van der Waals surface area (Å²) in [6.45, 7) is 16.0. The van der Waals surface area contributed by atoms with Crippen molar-refractivity contribution in [2.24, 2.45) is 0 Å². The number of fused-ring (bicyclic) bond motifs is 1. The minimum atomic E-state index is 0.155. The van der Waals surface area contributed by atoms with Gasteiger partial charge in [-0.2, -0.15) is 0 Å². The van der Waals surface area contributed by atoms with Gasteiger partial charge in [-0.3, -0.25) is 0 Å². The van der Waals surface area contributed by atoms with Crippen molar-refractivity contribution in [2.45, 2.75) is 40.5 Å². The molecule has 0 aromatic heterocycles. The molecule has 4 aromatic rings. The molecule has 0 amide bonds. The molecule has 36 heavy (non-hydrogen) atoms. The third-order valence-corrected chi connectivity index (χ3v) is 7.35. The summed E-state index contributed by atoms with van der Waals surface area (Å²) in [5, 5.41) is 6.14. The smallest absolute Gasteiger partial charge is 0.0419 e. The molecule has 0 saturated heterocycles. The summed E-state index contributed by atoms with van der Waals surface area (Å²) in [4.78, 5) is 4.80. The van der Waals surface area contributed by atoms with E-state index >= 15 is 0 Å². The zero-order valence-electron chi connectivity index (χ0n) is 22.6. The summed E-state index contributed by atoms with van der Waals surface area (Å²) in [6.07, 6.45) is 0. The van der Waals surface area contributed by atoms with Gasteiger partial charge in [0.15, 0.2) is 0 Å². The molecule has 0 heterocycles. The number of anilines is 3. The minimum absolute atomic E-state index is 0.155. The molecule has 3 heteroatoms. The first kappa shape index (κ1) is 25.6. The highest BCUT2D eigenvalue weighted by Gasteiger charge is 2.21. The zero-order chi connectivity index (χ0) is 25.5. The van der Waals surface area contributed by atoms with Crippen molar-refractivity contribution >= 4 is 27.8 Å². The second kappa shape index (κ2) is 12.0. The SMILES string of the molecule is CCNc1ccc(C(c2ccc(N(CC)CC)cc2)c2ccc(N(CC)CC)cc2)c2ccccc12. The van der Waals surface area contributed by atoms with Crippen LogP contribution in [0.4, 0.5) is 17.1 Å². The maximum atomic E-state index is 3.55. The van der Waals surface area contributed by atoms with E-state index in [-0.39, 0.29) is 5.92 Å². The fourth-order valence-electron chi connectivity index (χ4n) is 5.40. The van der Waals surface area contributed by atoms with E-state index < -0.39 is 0 Å². The topological polar surface area (TPSA) is 18.5 Å². The lowest BCUT2D eigenvalue weighted by molar-refractivity contribution is 0.863. The third kappa shape index (κ3) is 5.21. The molecule has 0 aliphatic rings. The maximum Gasteiger partial charge on any atom is 0.0419 e. The highest BCUT2D eigenvalue weighted by Crippen LogP contribution is 2.39. The molecule has 4 rings (SSSR count). The van der Waals surface area contributed by atoms with Gasteiger partial charge in [0, 0.05) is 61.1 Å². The molecule has 0 bridgehead atoms. The van der Waals surface area contributed by atoms with Crippen LogP contribution in [-0.2, 0) is 0 Å². The fourth-order valence-corrected chi connectivity index (χ4v) is 5.40. The van der Waals surface area contributed by atoms with Crippen LogP contribution in [0.25, 0.3) is 10.8 Å². The van der Waals surface area contributed by atoms with Gasteiger partial charge in [-0.1, -0.05) is 54.6 Å². The Kier molecular flexibility index (Phi) is 8.53. The average Bonchev–Trinajstić information content (AvgIpc) is 2.93. The number of hydrogen-bond donors (Lipinski definition) is 1. The molecule has 0 unspecified atom stereocenters. The predicted octanol–water partition coefficient (Wildman–Crippen LogP) is 8.14. The highest BCUT2D eigenvalue weighted by atomic mass is 15.1. The second-order valence-corrected chi connectivity index (χ2v) is 9.24. The van der Waals surface area contributed by atoms with Crippen LogP contribution < -0.4 is 15.1 Å². The Hall–Kier alpha value is -3.46. The van der Waals surface area contributed by atoms with Crippen LogP contribution >= 0.6 is 0 Å². The molecule has 0 aliphatic carbocycles. The highest BCUT2D eigenvalue weighted by molar-refractivity contribution is 5.97. The second-order valence-electron chi connectivity index (χ2n) is 9.24. The molecular weight excluding hydrogens is 438 g/mol. The molecule has 0 radical (unpaired) electrons. The number of nitrogens with zero attached hydrogens (tertiary/aromatic N) is 2. The first-order valence-corrected chi connectivity index (χ1v) is 13.6. The Morgan fingerprint density at radius 1 is 0.556 bits per heavy atom. The number of hydrogen-bond acceptors (Lipinski definition) is 3. The lowest BCUT2D eigenvalue weighted by Crippen LogP contribution is -2.22. The van der Waals surface area contributed by atoms with E-state index in [0.29, 0.717) is 0 Å². The molecule has 188 valence electrons. The van der Waals surface area contributed by atoms with Gasteiger partial charge in [0.25, 0.3) is 0 Å². The van der Waals surface area contributed by atoms with Crippen LogP contribution in [0.5, 0.6) is 0 Å². The van der Waals surface area contributed by atoms with Gasteiger partial charge in [-0.15, -0.1) is 0 Å². The van der Waals surface area contributed by atoms with Crippen LogP contribution in [0.15, 0.2) is 84.9 Å². The molecule has 0 aliphatic heterocycles. The van der Waals surface area contributed by atoms with Crippen molar-refractivity contribution in [3.8, 4) is 0 Å². The molecule has 3 nitrogen and oxygen atoms in total. The van der Waals surface area contributed by atoms with E-state index in [1.165, 1.54) is 44.5 Å². The van der Waals surface area contributed by atoms with E-state index in [1.807, 2.05) is 0 Å². The Labute approximate surface area is 217 Å². The lowest BCUT2D eigenvalue weighted by atomic mass is 9.82. The molecule has 0 fully saturated rings. The Morgan fingerprint density at radius 2 is 1.03 bits per heavy atom. The van der Waals surface area contributed by atoms with Gasteiger partial charge in [0.1, 0.15) is 0 Å². The summed E-state index contributed by atoms with van der Waals surface area (Å²) in [5.74, 6) is 0.155. The van der Waals surface area contributed by atoms with Crippen molar-refractivity contribution in [2.75, 3.05) is 47.8 Å². The molecular formula is C33H41N3. The first-order valence-electron chi connectivity index (χ1n) is 13.6. The van der Waals surface area contributed by atoms with E-state index in [9.17, 15) is 0 Å².